The first-order chi connectivity index (χ1) is 12.4. The van der Waals surface area contributed by atoms with E-state index in [4.69, 9.17) is 15.0 Å². The van der Waals surface area contributed by atoms with Crippen molar-refractivity contribution < 1.29 is 18.4 Å². The van der Waals surface area contributed by atoms with Gasteiger partial charge in [-0.2, -0.15) is 0 Å². The number of methoxy groups -OCH3 is 1. The fourth-order valence-corrected chi connectivity index (χ4v) is 3.13. The molecule has 2 aromatic rings. The molecular weight excluding hydrogens is 375 g/mol. The van der Waals surface area contributed by atoms with Gasteiger partial charge in [-0.3, -0.25) is 4.79 Å². The number of piperidine rings is 1. The van der Waals surface area contributed by atoms with Gasteiger partial charge in [-0.15, -0.1) is 12.4 Å². The predicted molar refractivity (Wildman–Crippen MR) is 103 cm³/mol. The number of aromatic nitrogens is 1. The van der Waals surface area contributed by atoms with Crippen LogP contribution in [0.3, 0.4) is 0 Å². The number of hydrogen-bond acceptors (Lipinski definition) is 6. The Balaban J connectivity index is 0.00000261. The minimum Gasteiger partial charge on any atom is -0.494 e. The maximum Gasteiger partial charge on any atom is 0.261 e. The van der Waals surface area contributed by atoms with Crippen LogP contribution in [-0.4, -0.2) is 56.3 Å². The van der Waals surface area contributed by atoms with E-state index in [1.54, 1.807) is 23.9 Å². The number of nitrogens with zero attached hydrogens (tertiary/aromatic N) is 3. The highest BCUT2D eigenvalue weighted by molar-refractivity contribution is 6.04. The van der Waals surface area contributed by atoms with Gasteiger partial charge in [0.2, 0.25) is 0 Å². The van der Waals surface area contributed by atoms with Crippen LogP contribution in [0.25, 0.3) is 11.3 Å². The lowest BCUT2D eigenvalue weighted by Gasteiger charge is -2.31. The van der Waals surface area contributed by atoms with E-state index in [-0.39, 0.29) is 35.9 Å². The first-order valence-corrected chi connectivity index (χ1v) is 8.48. The largest absolute Gasteiger partial charge is 0.494 e. The summed E-state index contributed by atoms with van der Waals surface area (Å²) in [5.41, 5.74) is 6.88. The van der Waals surface area contributed by atoms with Gasteiger partial charge in [-0.1, -0.05) is 5.16 Å². The van der Waals surface area contributed by atoms with E-state index in [1.165, 1.54) is 25.3 Å². The summed E-state index contributed by atoms with van der Waals surface area (Å²) in [6, 6.07) is 4.27. The summed E-state index contributed by atoms with van der Waals surface area (Å²) in [7, 11) is 4.95. The van der Waals surface area contributed by atoms with Crippen LogP contribution in [0.15, 0.2) is 22.7 Å². The second kappa shape index (κ2) is 8.58. The van der Waals surface area contributed by atoms with Crippen LogP contribution in [0.2, 0.25) is 0 Å². The van der Waals surface area contributed by atoms with Crippen molar-refractivity contribution >= 4 is 24.1 Å². The minimum absolute atomic E-state index is 0. The van der Waals surface area contributed by atoms with Gasteiger partial charge in [0.1, 0.15) is 5.56 Å². The molecule has 0 spiro atoms. The third-order valence-corrected chi connectivity index (χ3v) is 4.47. The average molecular weight is 399 g/mol. The number of carbonyl (C=O) groups excluding carboxylic acids is 1. The number of hydrogen-bond donors (Lipinski definition) is 1. The van der Waals surface area contributed by atoms with Crippen LogP contribution in [0.4, 0.5) is 10.2 Å². The number of rotatable bonds is 4. The SMILES string of the molecule is COc1cc(-c2onc(N(C)C)c2C(=O)N2CCC[C@H](N)C2)ccc1F.Cl. The molecule has 1 fully saturated rings. The summed E-state index contributed by atoms with van der Waals surface area (Å²) in [5.74, 6) is 0.106. The van der Waals surface area contributed by atoms with Gasteiger partial charge in [0.05, 0.1) is 7.11 Å². The molecule has 2 N–H and O–H groups in total. The fourth-order valence-electron chi connectivity index (χ4n) is 3.13. The van der Waals surface area contributed by atoms with Crippen molar-refractivity contribution in [2.24, 2.45) is 5.73 Å². The number of benzene rings is 1. The van der Waals surface area contributed by atoms with E-state index >= 15 is 0 Å². The van der Waals surface area contributed by atoms with Gasteiger partial charge in [0, 0.05) is 38.8 Å². The van der Waals surface area contributed by atoms with Crippen LogP contribution in [0.1, 0.15) is 23.2 Å². The Morgan fingerprint density at radius 2 is 2.19 bits per heavy atom. The molecule has 148 valence electrons. The second-order valence-corrected chi connectivity index (χ2v) is 6.61. The zero-order chi connectivity index (χ0) is 18.8. The lowest BCUT2D eigenvalue weighted by Crippen LogP contribution is -2.46. The molecule has 1 aromatic carbocycles. The number of amides is 1. The monoisotopic (exact) mass is 398 g/mol. The normalized spacial score (nSPS) is 16.6. The number of halogens is 2. The third-order valence-electron chi connectivity index (χ3n) is 4.47. The number of ether oxygens (including phenoxy) is 1. The van der Waals surface area contributed by atoms with E-state index in [0.717, 1.165) is 12.8 Å². The van der Waals surface area contributed by atoms with Gasteiger partial charge in [0.15, 0.2) is 23.1 Å². The Hall–Kier alpha value is -2.32. The summed E-state index contributed by atoms with van der Waals surface area (Å²) >= 11 is 0. The smallest absolute Gasteiger partial charge is 0.261 e. The average Bonchev–Trinajstić information content (AvgIpc) is 3.06. The summed E-state index contributed by atoms with van der Waals surface area (Å²) in [6.45, 7) is 1.12. The Kier molecular flexibility index (Phi) is 6.67. The molecule has 9 heteroatoms. The number of anilines is 1. The lowest BCUT2D eigenvalue weighted by atomic mass is 10.0. The van der Waals surface area contributed by atoms with Crippen molar-refractivity contribution in [1.82, 2.24) is 10.1 Å². The lowest BCUT2D eigenvalue weighted by molar-refractivity contribution is 0.0709. The van der Waals surface area contributed by atoms with Gasteiger partial charge in [-0.25, -0.2) is 4.39 Å². The molecule has 7 nitrogen and oxygen atoms in total. The Labute approximate surface area is 163 Å². The van der Waals surface area contributed by atoms with Crippen molar-refractivity contribution in [3.63, 3.8) is 0 Å². The maximum absolute atomic E-state index is 13.7. The quantitative estimate of drug-likeness (QED) is 0.851. The Bertz CT molecular complexity index is 812. The molecule has 0 unspecified atom stereocenters. The maximum atomic E-state index is 13.7. The van der Waals surface area contributed by atoms with Crippen molar-refractivity contribution in [3.8, 4) is 17.1 Å². The van der Waals surface area contributed by atoms with E-state index < -0.39 is 5.82 Å². The molecule has 1 atom stereocenters. The van der Waals surface area contributed by atoms with E-state index in [2.05, 4.69) is 5.16 Å². The molecule has 0 aliphatic carbocycles. The molecule has 0 radical (unpaired) electrons. The fraction of sp³-hybridized carbons (Fsp3) is 0.444. The second-order valence-electron chi connectivity index (χ2n) is 6.61. The topological polar surface area (TPSA) is 84.8 Å². The summed E-state index contributed by atoms with van der Waals surface area (Å²) in [6.07, 6.45) is 1.76. The summed E-state index contributed by atoms with van der Waals surface area (Å²) in [4.78, 5) is 16.6. The molecule has 1 aliphatic rings. The van der Waals surface area contributed by atoms with Crippen LogP contribution < -0.4 is 15.4 Å². The molecule has 27 heavy (non-hydrogen) atoms. The van der Waals surface area contributed by atoms with Crippen LogP contribution in [-0.2, 0) is 0 Å². The third kappa shape index (κ3) is 4.17. The van der Waals surface area contributed by atoms with Crippen LogP contribution in [0, 0.1) is 5.82 Å². The van der Waals surface area contributed by atoms with Crippen LogP contribution >= 0.6 is 12.4 Å². The zero-order valence-electron chi connectivity index (χ0n) is 15.6. The molecule has 1 amide bonds. The zero-order valence-corrected chi connectivity index (χ0v) is 16.4. The van der Waals surface area contributed by atoms with E-state index in [1.807, 2.05) is 0 Å². The van der Waals surface area contributed by atoms with Crippen LogP contribution in [0.5, 0.6) is 5.75 Å². The molecule has 1 aliphatic heterocycles. The molecule has 3 rings (SSSR count). The van der Waals surface area contributed by atoms with Gasteiger partial charge in [-0.05, 0) is 31.0 Å². The highest BCUT2D eigenvalue weighted by Crippen LogP contribution is 2.34. The first kappa shape index (κ1) is 21.0. The number of likely N-dealkylation sites (tertiary alicyclic amines) is 1. The van der Waals surface area contributed by atoms with Gasteiger partial charge >= 0.3 is 0 Å². The molecule has 2 heterocycles. The minimum atomic E-state index is -0.488. The van der Waals surface area contributed by atoms with Gasteiger partial charge < -0.3 is 24.8 Å². The van der Waals surface area contributed by atoms with E-state index in [9.17, 15) is 9.18 Å². The Morgan fingerprint density at radius 1 is 1.44 bits per heavy atom. The predicted octanol–water partition coefficient (Wildman–Crippen LogP) is 2.54. The van der Waals surface area contributed by atoms with Gasteiger partial charge in [0.25, 0.3) is 5.91 Å². The number of carbonyl (C=O) groups is 1. The highest BCUT2D eigenvalue weighted by atomic mass is 35.5. The summed E-state index contributed by atoms with van der Waals surface area (Å²) < 4.78 is 24.2. The summed E-state index contributed by atoms with van der Waals surface area (Å²) in [5, 5.41) is 4.04. The molecule has 1 saturated heterocycles. The highest BCUT2D eigenvalue weighted by Gasteiger charge is 2.31. The number of nitrogens with two attached hydrogens (primary N) is 1. The molecule has 1 aromatic heterocycles. The standard InChI is InChI=1S/C18H23FN4O3.ClH/c1-22(2)17-15(18(24)23-8-4-5-12(20)10-23)16(26-21-17)11-6-7-13(19)14(9-11)25-3;/h6-7,9,12H,4-5,8,10,20H2,1-3H3;1H/t12-;/m0./s1. The Morgan fingerprint density at radius 3 is 2.81 bits per heavy atom. The molecular formula is C18H24ClFN4O3. The van der Waals surface area contributed by atoms with Crippen molar-refractivity contribution in [2.75, 3.05) is 39.2 Å². The molecule has 0 bridgehead atoms. The van der Waals surface area contributed by atoms with E-state index in [0.29, 0.717) is 30.0 Å². The molecule has 0 saturated carbocycles. The van der Waals surface area contributed by atoms with Crippen molar-refractivity contribution in [3.05, 3.63) is 29.6 Å². The van der Waals surface area contributed by atoms with Crippen molar-refractivity contribution in [1.29, 1.82) is 0 Å². The van der Waals surface area contributed by atoms with Crippen molar-refractivity contribution in [2.45, 2.75) is 18.9 Å². The first-order valence-electron chi connectivity index (χ1n) is 8.48.